The van der Waals surface area contributed by atoms with Crippen LogP contribution >= 0.6 is 0 Å². The molecule has 0 aliphatic rings. The van der Waals surface area contributed by atoms with Crippen LogP contribution in [0, 0.1) is 0 Å². The topological polar surface area (TPSA) is 96.0 Å². The van der Waals surface area contributed by atoms with Crippen molar-refractivity contribution in [2.75, 3.05) is 28.4 Å². The first kappa shape index (κ1) is 26.3. The summed E-state index contributed by atoms with van der Waals surface area (Å²) in [5.41, 5.74) is 1.11. The first-order chi connectivity index (χ1) is 18.9. The van der Waals surface area contributed by atoms with Gasteiger partial charge in [0, 0.05) is 11.6 Å². The Kier molecular flexibility index (Phi) is 7.28. The summed E-state index contributed by atoms with van der Waals surface area (Å²) < 4.78 is 52.5. The molecule has 4 aromatic carbocycles. The van der Waals surface area contributed by atoms with Gasteiger partial charge in [0.25, 0.3) is 0 Å². The van der Waals surface area contributed by atoms with E-state index in [0.29, 0.717) is 39.6 Å². The number of hydrogen-bond donors (Lipinski definition) is 1. The van der Waals surface area contributed by atoms with E-state index in [4.69, 9.17) is 18.9 Å². The van der Waals surface area contributed by atoms with E-state index in [1.54, 1.807) is 70.0 Å². The number of ether oxygens (including phenoxy) is 4. The molecule has 8 nitrogen and oxygen atoms in total. The predicted octanol–water partition coefficient (Wildman–Crippen LogP) is 5.49. The SMILES string of the molecule is COc1ccc(C(NS(=O)(=O)c2ccc3ccccc3c2)c2nccc3cc(OC)c(OC)cc23)cc1OC. The van der Waals surface area contributed by atoms with Gasteiger partial charge in [-0.15, -0.1) is 0 Å². The normalized spacial score (nSPS) is 12.3. The van der Waals surface area contributed by atoms with E-state index in [0.717, 1.165) is 16.2 Å². The van der Waals surface area contributed by atoms with Crippen LogP contribution in [0.15, 0.2) is 90.0 Å². The minimum absolute atomic E-state index is 0.145. The van der Waals surface area contributed by atoms with Crippen molar-refractivity contribution in [3.05, 3.63) is 96.3 Å². The molecule has 1 aromatic heterocycles. The monoisotopic (exact) mass is 544 g/mol. The van der Waals surface area contributed by atoms with E-state index >= 15 is 0 Å². The number of sulfonamides is 1. The number of benzene rings is 4. The highest BCUT2D eigenvalue weighted by Gasteiger charge is 2.27. The van der Waals surface area contributed by atoms with Gasteiger partial charge in [0.1, 0.15) is 0 Å². The molecule has 0 aliphatic heterocycles. The fourth-order valence-corrected chi connectivity index (χ4v) is 5.85. The van der Waals surface area contributed by atoms with Crippen molar-refractivity contribution >= 4 is 31.6 Å². The van der Waals surface area contributed by atoms with Crippen LogP contribution in [0.3, 0.4) is 0 Å². The number of hydrogen-bond acceptors (Lipinski definition) is 7. The summed E-state index contributed by atoms with van der Waals surface area (Å²) in [6.07, 6.45) is 1.64. The number of fused-ring (bicyclic) bond motifs is 2. The maximum absolute atomic E-state index is 13.8. The quantitative estimate of drug-likeness (QED) is 0.262. The second-order valence-corrected chi connectivity index (χ2v) is 10.5. The van der Waals surface area contributed by atoms with Gasteiger partial charge in [-0.3, -0.25) is 4.98 Å². The zero-order valence-electron chi connectivity index (χ0n) is 22.0. The average Bonchev–Trinajstić information content (AvgIpc) is 2.98. The molecule has 0 saturated carbocycles. The molecule has 0 fully saturated rings. The highest BCUT2D eigenvalue weighted by atomic mass is 32.2. The van der Waals surface area contributed by atoms with Crippen LogP contribution in [0.5, 0.6) is 23.0 Å². The first-order valence-corrected chi connectivity index (χ1v) is 13.6. The van der Waals surface area contributed by atoms with Gasteiger partial charge in [-0.05, 0) is 64.2 Å². The summed E-state index contributed by atoms with van der Waals surface area (Å²) in [5.74, 6) is 2.04. The van der Waals surface area contributed by atoms with Crippen molar-refractivity contribution in [1.29, 1.82) is 0 Å². The molecule has 1 N–H and O–H groups in total. The maximum atomic E-state index is 13.8. The van der Waals surface area contributed by atoms with Crippen molar-refractivity contribution in [3.8, 4) is 23.0 Å². The fourth-order valence-electron chi connectivity index (χ4n) is 4.62. The third-order valence-corrected chi connectivity index (χ3v) is 8.04. The molecule has 0 aliphatic carbocycles. The Morgan fingerprint density at radius 2 is 1.33 bits per heavy atom. The minimum atomic E-state index is -4.00. The van der Waals surface area contributed by atoms with Crippen LogP contribution in [0.1, 0.15) is 17.3 Å². The number of methoxy groups -OCH3 is 4. The Balaban J connectivity index is 1.70. The summed E-state index contributed by atoms with van der Waals surface area (Å²) in [7, 11) is 2.19. The Hall–Kier alpha value is -4.34. The highest BCUT2D eigenvalue weighted by Crippen LogP contribution is 2.38. The van der Waals surface area contributed by atoms with Crippen molar-refractivity contribution in [3.63, 3.8) is 0 Å². The van der Waals surface area contributed by atoms with Crippen molar-refractivity contribution in [1.82, 2.24) is 9.71 Å². The summed E-state index contributed by atoms with van der Waals surface area (Å²) in [5, 5.41) is 3.29. The number of rotatable bonds is 9. The molecule has 200 valence electrons. The minimum Gasteiger partial charge on any atom is -0.493 e. The average molecular weight is 545 g/mol. The van der Waals surface area contributed by atoms with Crippen molar-refractivity contribution in [2.24, 2.45) is 0 Å². The first-order valence-electron chi connectivity index (χ1n) is 12.1. The largest absolute Gasteiger partial charge is 0.493 e. The van der Waals surface area contributed by atoms with E-state index in [2.05, 4.69) is 9.71 Å². The third kappa shape index (κ3) is 5.06. The molecule has 5 aromatic rings. The molecule has 1 unspecified atom stereocenters. The van der Waals surface area contributed by atoms with Gasteiger partial charge in [-0.1, -0.05) is 36.4 Å². The molecule has 0 spiro atoms. The molecular weight excluding hydrogens is 516 g/mol. The van der Waals surface area contributed by atoms with Gasteiger partial charge in [-0.2, -0.15) is 4.72 Å². The molecule has 0 amide bonds. The zero-order chi connectivity index (χ0) is 27.6. The lowest BCUT2D eigenvalue weighted by molar-refractivity contribution is 0.354. The second kappa shape index (κ2) is 10.8. The van der Waals surface area contributed by atoms with Crippen LogP contribution in [-0.2, 0) is 10.0 Å². The molecule has 5 rings (SSSR count). The second-order valence-electron chi connectivity index (χ2n) is 8.80. The van der Waals surface area contributed by atoms with Gasteiger partial charge in [0.15, 0.2) is 23.0 Å². The van der Waals surface area contributed by atoms with E-state index in [-0.39, 0.29) is 4.90 Å². The summed E-state index contributed by atoms with van der Waals surface area (Å²) in [4.78, 5) is 4.79. The summed E-state index contributed by atoms with van der Waals surface area (Å²) in [6.45, 7) is 0. The summed E-state index contributed by atoms with van der Waals surface area (Å²) >= 11 is 0. The van der Waals surface area contributed by atoms with Crippen LogP contribution in [0.2, 0.25) is 0 Å². The third-order valence-electron chi connectivity index (χ3n) is 6.62. The van der Waals surface area contributed by atoms with Gasteiger partial charge < -0.3 is 18.9 Å². The molecule has 39 heavy (non-hydrogen) atoms. The van der Waals surface area contributed by atoms with E-state index in [1.165, 1.54) is 7.11 Å². The Bertz CT molecular complexity index is 1770. The van der Waals surface area contributed by atoms with Gasteiger partial charge >= 0.3 is 0 Å². The van der Waals surface area contributed by atoms with E-state index in [1.807, 2.05) is 36.4 Å². The molecule has 0 radical (unpaired) electrons. The Morgan fingerprint density at radius 3 is 2.05 bits per heavy atom. The Labute approximate surface area is 227 Å². The number of aromatic nitrogens is 1. The standard InChI is InChI=1S/C30H28N2O6S/c1-35-25-12-10-22(17-26(25)36-2)29(30-24-18-28(38-4)27(37-3)16-21(24)13-14-31-30)32-39(33,34)23-11-9-19-7-5-6-8-20(19)15-23/h5-18,29,32H,1-4H3. The lowest BCUT2D eigenvalue weighted by Gasteiger charge is -2.22. The maximum Gasteiger partial charge on any atom is 0.241 e. The van der Waals surface area contributed by atoms with Crippen LogP contribution in [-0.4, -0.2) is 41.8 Å². The fraction of sp³-hybridized carbons (Fsp3) is 0.167. The summed E-state index contributed by atoms with van der Waals surface area (Å²) in [6, 6.07) is 22.5. The molecule has 0 bridgehead atoms. The predicted molar refractivity (Wildman–Crippen MR) is 151 cm³/mol. The van der Waals surface area contributed by atoms with Crippen LogP contribution in [0.25, 0.3) is 21.5 Å². The molecule has 1 atom stereocenters. The van der Waals surface area contributed by atoms with Gasteiger partial charge in [0.2, 0.25) is 10.0 Å². The highest BCUT2D eigenvalue weighted by molar-refractivity contribution is 7.89. The molecule has 0 saturated heterocycles. The lowest BCUT2D eigenvalue weighted by atomic mass is 9.98. The lowest BCUT2D eigenvalue weighted by Crippen LogP contribution is -2.30. The van der Waals surface area contributed by atoms with Crippen molar-refractivity contribution in [2.45, 2.75) is 10.9 Å². The molecule has 1 heterocycles. The molecular formula is C30H28N2O6S. The van der Waals surface area contributed by atoms with E-state index < -0.39 is 16.1 Å². The zero-order valence-corrected chi connectivity index (χ0v) is 22.8. The Morgan fingerprint density at radius 1 is 0.667 bits per heavy atom. The number of nitrogens with zero attached hydrogens (tertiary/aromatic N) is 1. The van der Waals surface area contributed by atoms with Crippen LogP contribution in [0.4, 0.5) is 0 Å². The van der Waals surface area contributed by atoms with Crippen molar-refractivity contribution < 1.29 is 27.4 Å². The molecule has 9 heteroatoms. The number of pyridine rings is 1. The van der Waals surface area contributed by atoms with Crippen LogP contribution < -0.4 is 23.7 Å². The number of nitrogens with one attached hydrogen (secondary N) is 1. The van der Waals surface area contributed by atoms with Gasteiger partial charge in [-0.25, -0.2) is 8.42 Å². The van der Waals surface area contributed by atoms with Gasteiger partial charge in [0.05, 0.1) is 45.1 Å². The van der Waals surface area contributed by atoms with E-state index in [9.17, 15) is 8.42 Å². The smallest absolute Gasteiger partial charge is 0.241 e.